The van der Waals surface area contributed by atoms with Crippen molar-refractivity contribution in [2.75, 3.05) is 18.5 Å². The Kier molecular flexibility index (Phi) is 6.60. The number of benzene rings is 2. The molecule has 24 heavy (non-hydrogen) atoms. The van der Waals surface area contributed by atoms with Crippen molar-refractivity contribution in [3.63, 3.8) is 0 Å². The SMILES string of the molecule is Cc1cc(C)cc(OCC(=O)OCC(=O)Nc2cccc(I)c2)c1. The van der Waals surface area contributed by atoms with Crippen LogP contribution in [0.5, 0.6) is 5.75 Å². The van der Waals surface area contributed by atoms with Crippen molar-refractivity contribution in [2.45, 2.75) is 13.8 Å². The van der Waals surface area contributed by atoms with Crippen molar-refractivity contribution in [3.05, 3.63) is 57.2 Å². The highest BCUT2D eigenvalue weighted by molar-refractivity contribution is 14.1. The smallest absolute Gasteiger partial charge is 0.344 e. The minimum absolute atomic E-state index is 0.237. The number of nitrogens with one attached hydrogen (secondary N) is 1. The Morgan fingerprint density at radius 3 is 2.42 bits per heavy atom. The first kappa shape index (κ1) is 18.3. The normalized spacial score (nSPS) is 10.1. The molecule has 0 radical (unpaired) electrons. The molecule has 1 N–H and O–H groups in total. The second kappa shape index (κ2) is 8.68. The first-order chi connectivity index (χ1) is 11.4. The molecule has 0 aliphatic carbocycles. The molecule has 1 amide bonds. The topological polar surface area (TPSA) is 64.6 Å². The van der Waals surface area contributed by atoms with Crippen LogP contribution < -0.4 is 10.1 Å². The number of amides is 1. The van der Waals surface area contributed by atoms with E-state index in [1.54, 1.807) is 6.07 Å². The minimum atomic E-state index is -0.591. The number of carbonyl (C=O) groups excluding carboxylic acids is 2. The number of aryl methyl sites for hydroxylation is 2. The lowest BCUT2D eigenvalue weighted by atomic mass is 10.1. The van der Waals surface area contributed by atoms with E-state index in [0.29, 0.717) is 11.4 Å². The zero-order chi connectivity index (χ0) is 17.5. The zero-order valence-electron chi connectivity index (χ0n) is 13.5. The van der Waals surface area contributed by atoms with Crippen molar-refractivity contribution in [2.24, 2.45) is 0 Å². The monoisotopic (exact) mass is 439 g/mol. The van der Waals surface area contributed by atoms with Gasteiger partial charge in [-0.1, -0.05) is 12.1 Å². The molecular weight excluding hydrogens is 421 g/mol. The van der Waals surface area contributed by atoms with E-state index >= 15 is 0 Å². The Morgan fingerprint density at radius 2 is 1.75 bits per heavy atom. The van der Waals surface area contributed by atoms with Gasteiger partial charge < -0.3 is 14.8 Å². The summed E-state index contributed by atoms with van der Waals surface area (Å²) in [5.74, 6) is -0.378. The molecule has 0 saturated carbocycles. The van der Waals surface area contributed by atoms with Crippen LogP contribution in [0.15, 0.2) is 42.5 Å². The van der Waals surface area contributed by atoms with Gasteiger partial charge in [-0.25, -0.2) is 4.79 Å². The maximum absolute atomic E-state index is 11.8. The molecule has 0 bridgehead atoms. The molecule has 2 rings (SSSR count). The molecule has 0 heterocycles. The first-order valence-corrected chi connectivity index (χ1v) is 8.42. The third kappa shape index (κ3) is 6.19. The first-order valence-electron chi connectivity index (χ1n) is 7.34. The molecule has 2 aromatic carbocycles. The second-order valence-electron chi connectivity index (χ2n) is 5.33. The minimum Gasteiger partial charge on any atom is -0.482 e. The van der Waals surface area contributed by atoms with Gasteiger partial charge in [0, 0.05) is 9.26 Å². The second-order valence-corrected chi connectivity index (χ2v) is 6.58. The molecule has 2 aromatic rings. The van der Waals surface area contributed by atoms with Crippen LogP contribution in [-0.4, -0.2) is 25.1 Å². The van der Waals surface area contributed by atoms with Crippen LogP contribution in [0.4, 0.5) is 5.69 Å². The standard InChI is InChI=1S/C18H18INO4/c1-12-6-13(2)8-16(7-12)23-11-18(22)24-10-17(21)20-15-5-3-4-14(19)9-15/h3-9H,10-11H2,1-2H3,(H,20,21). The summed E-state index contributed by atoms with van der Waals surface area (Å²) in [6.45, 7) is 3.32. The van der Waals surface area contributed by atoms with E-state index in [1.165, 1.54) is 0 Å². The van der Waals surface area contributed by atoms with E-state index in [0.717, 1.165) is 14.7 Å². The fourth-order valence-corrected chi connectivity index (χ4v) is 2.65. The molecule has 0 fully saturated rings. The average molecular weight is 439 g/mol. The number of hydrogen-bond donors (Lipinski definition) is 1. The number of anilines is 1. The Balaban J connectivity index is 1.75. The molecule has 0 spiro atoms. The van der Waals surface area contributed by atoms with Crippen molar-refractivity contribution in [1.82, 2.24) is 0 Å². The fraction of sp³-hybridized carbons (Fsp3) is 0.222. The third-order valence-electron chi connectivity index (χ3n) is 3.02. The largest absolute Gasteiger partial charge is 0.482 e. The van der Waals surface area contributed by atoms with Gasteiger partial charge in [0.05, 0.1) is 0 Å². The van der Waals surface area contributed by atoms with E-state index < -0.39 is 11.9 Å². The van der Waals surface area contributed by atoms with Crippen LogP contribution in [0.1, 0.15) is 11.1 Å². The predicted molar refractivity (Wildman–Crippen MR) is 100 cm³/mol. The Bertz CT molecular complexity index is 725. The van der Waals surface area contributed by atoms with Gasteiger partial charge >= 0.3 is 5.97 Å². The summed E-state index contributed by atoms with van der Waals surface area (Å²) >= 11 is 2.15. The zero-order valence-corrected chi connectivity index (χ0v) is 15.6. The van der Waals surface area contributed by atoms with Crippen LogP contribution >= 0.6 is 22.6 Å². The van der Waals surface area contributed by atoms with Gasteiger partial charge in [-0.3, -0.25) is 4.79 Å². The molecule has 0 aromatic heterocycles. The Morgan fingerprint density at radius 1 is 1.04 bits per heavy atom. The molecule has 0 saturated heterocycles. The van der Waals surface area contributed by atoms with Crippen LogP contribution in [0.2, 0.25) is 0 Å². The highest BCUT2D eigenvalue weighted by atomic mass is 127. The maximum atomic E-state index is 11.8. The number of rotatable bonds is 6. The summed E-state index contributed by atoms with van der Waals surface area (Å²) < 4.78 is 11.3. The number of carbonyl (C=O) groups is 2. The van der Waals surface area contributed by atoms with Crippen LogP contribution in [0.3, 0.4) is 0 Å². The predicted octanol–water partition coefficient (Wildman–Crippen LogP) is 3.47. The van der Waals surface area contributed by atoms with Gasteiger partial charge in [-0.05, 0) is 77.9 Å². The Hall–Kier alpha value is -2.09. The summed E-state index contributed by atoms with van der Waals surface area (Å²) in [4.78, 5) is 23.4. The molecule has 0 atom stereocenters. The van der Waals surface area contributed by atoms with Gasteiger partial charge in [-0.2, -0.15) is 0 Å². The quantitative estimate of drug-likeness (QED) is 0.553. The van der Waals surface area contributed by atoms with Crippen LogP contribution in [0, 0.1) is 17.4 Å². The summed E-state index contributed by atoms with van der Waals surface area (Å²) in [6, 6.07) is 13.0. The maximum Gasteiger partial charge on any atom is 0.344 e. The van der Waals surface area contributed by atoms with Crippen molar-refractivity contribution in [3.8, 4) is 5.75 Å². The summed E-state index contributed by atoms with van der Waals surface area (Å²) in [5, 5.41) is 2.67. The van der Waals surface area contributed by atoms with Gasteiger partial charge in [0.25, 0.3) is 5.91 Å². The lowest BCUT2D eigenvalue weighted by Gasteiger charge is -2.09. The summed E-state index contributed by atoms with van der Waals surface area (Å²) in [5.41, 5.74) is 2.76. The fourth-order valence-electron chi connectivity index (χ4n) is 2.11. The lowest BCUT2D eigenvalue weighted by molar-refractivity contribution is -0.149. The van der Waals surface area contributed by atoms with Gasteiger partial charge in [0.15, 0.2) is 13.2 Å². The molecule has 5 nitrogen and oxygen atoms in total. The summed E-state index contributed by atoms with van der Waals surface area (Å²) in [6.07, 6.45) is 0. The average Bonchev–Trinajstić information content (AvgIpc) is 2.50. The van der Waals surface area contributed by atoms with E-state index in [4.69, 9.17) is 9.47 Å². The van der Waals surface area contributed by atoms with Crippen LogP contribution in [0.25, 0.3) is 0 Å². The molecule has 0 unspecified atom stereocenters. The lowest BCUT2D eigenvalue weighted by Crippen LogP contribution is -2.23. The highest BCUT2D eigenvalue weighted by Gasteiger charge is 2.09. The van der Waals surface area contributed by atoms with Crippen molar-refractivity contribution in [1.29, 1.82) is 0 Å². The van der Waals surface area contributed by atoms with E-state index in [9.17, 15) is 9.59 Å². The van der Waals surface area contributed by atoms with Crippen molar-refractivity contribution < 1.29 is 19.1 Å². The Labute approximate surface area is 154 Å². The van der Waals surface area contributed by atoms with Crippen molar-refractivity contribution >= 4 is 40.2 Å². The van der Waals surface area contributed by atoms with Gasteiger partial charge in [-0.15, -0.1) is 0 Å². The van der Waals surface area contributed by atoms with Gasteiger partial charge in [0.1, 0.15) is 5.75 Å². The van der Waals surface area contributed by atoms with Crippen LogP contribution in [-0.2, 0) is 14.3 Å². The molecular formula is C18H18INO4. The van der Waals surface area contributed by atoms with E-state index in [1.807, 2.05) is 50.2 Å². The number of halogens is 1. The van der Waals surface area contributed by atoms with Gasteiger partial charge in [0.2, 0.25) is 0 Å². The molecule has 0 aliphatic heterocycles. The summed E-state index contributed by atoms with van der Waals surface area (Å²) in [7, 11) is 0. The number of ether oxygens (including phenoxy) is 2. The third-order valence-corrected chi connectivity index (χ3v) is 3.70. The van der Waals surface area contributed by atoms with E-state index in [-0.39, 0.29) is 13.2 Å². The molecule has 6 heteroatoms. The number of hydrogen-bond acceptors (Lipinski definition) is 4. The molecule has 126 valence electrons. The molecule has 0 aliphatic rings. The van der Waals surface area contributed by atoms with E-state index in [2.05, 4.69) is 27.9 Å². The highest BCUT2D eigenvalue weighted by Crippen LogP contribution is 2.16. The number of esters is 1.